The van der Waals surface area contributed by atoms with Crippen molar-refractivity contribution >= 4 is 17.5 Å². The molecule has 6 nitrogen and oxygen atoms in total. The number of benzene rings is 1. The maximum atomic E-state index is 12.0. The zero-order valence-electron chi connectivity index (χ0n) is 11.8. The number of rotatable bonds is 3. The Morgan fingerprint density at radius 3 is 3.00 bits per heavy atom. The van der Waals surface area contributed by atoms with Crippen LogP contribution in [0.5, 0.6) is 5.75 Å². The molecule has 0 saturated carbocycles. The third-order valence-electron chi connectivity index (χ3n) is 3.67. The smallest absolute Gasteiger partial charge is 0.267 e. The van der Waals surface area contributed by atoms with Crippen LogP contribution in [0, 0.1) is 0 Å². The second-order valence-corrected chi connectivity index (χ2v) is 5.23. The minimum Gasteiger partial charge on any atom is -0.488 e. The molecule has 2 amide bonds. The van der Waals surface area contributed by atoms with E-state index in [1.54, 1.807) is 7.05 Å². The van der Waals surface area contributed by atoms with Crippen molar-refractivity contribution in [2.45, 2.75) is 25.4 Å². The molecule has 0 saturated heterocycles. The van der Waals surface area contributed by atoms with Crippen molar-refractivity contribution in [1.29, 1.82) is 0 Å². The Kier molecular flexibility index (Phi) is 3.60. The summed E-state index contributed by atoms with van der Waals surface area (Å²) in [6.45, 7) is 0.435. The fourth-order valence-electron chi connectivity index (χ4n) is 2.51. The third kappa shape index (κ3) is 2.89. The van der Waals surface area contributed by atoms with Gasteiger partial charge in [-0.05, 0) is 11.6 Å². The van der Waals surface area contributed by atoms with Crippen molar-refractivity contribution in [2.24, 2.45) is 5.10 Å². The molecule has 0 aromatic heterocycles. The Hall–Kier alpha value is -2.37. The van der Waals surface area contributed by atoms with E-state index in [1.165, 1.54) is 5.01 Å². The van der Waals surface area contributed by atoms with E-state index < -0.39 is 0 Å². The summed E-state index contributed by atoms with van der Waals surface area (Å²) in [5.74, 6) is 0.590. The first-order chi connectivity index (χ1) is 10.1. The van der Waals surface area contributed by atoms with Crippen LogP contribution in [0.3, 0.4) is 0 Å². The van der Waals surface area contributed by atoms with Crippen LogP contribution in [0.15, 0.2) is 29.4 Å². The average Bonchev–Trinajstić information content (AvgIpc) is 2.90. The number of hydrogen-bond acceptors (Lipinski definition) is 4. The molecule has 2 heterocycles. The Bertz CT molecular complexity index is 587. The predicted molar refractivity (Wildman–Crippen MR) is 77.0 cm³/mol. The van der Waals surface area contributed by atoms with Crippen molar-refractivity contribution in [3.8, 4) is 5.75 Å². The molecule has 1 N–H and O–H groups in total. The maximum absolute atomic E-state index is 12.0. The number of carbonyl (C=O) groups excluding carboxylic acids is 2. The molecule has 6 heteroatoms. The number of nitrogens with one attached hydrogen (secondary N) is 1. The number of hydrazone groups is 1. The Morgan fingerprint density at radius 1 is 1.43 bits per heavy atom. The van der Waals surface area contributed by atoms with E-state index in [4.69, 9.17) is 4.74 Å². The highest BCUT2D eigenvalue weighted by molar-refractivity contribution is 6.39. The van der Waals surface area contributed by atoms with Gasteiger partial charge in [-0.1, -0.05) is 18.2 Å². The van der Waals surface area contributed by atoms with Gasteiger partial charge in [0.05, 0.1) is 6.54 Å². The summed E-state index contributed by atoms with van der Waals surface area (Å²) in [6.07, 6.45) is 1.46. The highest BCUT2D eigenvalue weighted by Gasteiger charge is 2.25. The molecule has 0 spiro atoms. The molecule has 1 aromatic carbocycles. The lowest BCUT2D eigenvalue weighted by Gasteiger charge is -2.19. The summed E-state index contributed by atoms with van der Waals surface area (Å²) >= 11 is 0. The lowest BCUT2D eigenvalue weighted by Crippen LogP contribution is -2.41. The summed E-state index contributed by atoms with van der Waals surface area (Å²) < 4.78 is 5.76. The molecule has 3 rings (SSSR count). The van der Waals surface area contributed by atoms with Crippen molar-refractivity contribution in [3.63, 3.8) is 0 Å². The van der Waals surface area contributed by atoms with E-state index in [-0.39, 0.29) is 17.9 Å². The summed E-state index contributed by atoms with van der Waals surface area (Å²) in [6, 6.07) is 7.88. The Labute approximate surface area is 122 Å². The zero-order valence-corrected chi connectivity index (χ0v) is 11.8. The van der Waals surface area contributed by atoms with E-state index in [1.807, 2.05) is 24.3 Å². The molecule has 2 aliphatic heterocycles. The van der Waals surface area contributed by atoms with Crippen molar-refractivity contribution < 1.29 is 14.3 Å². The average molecular weight is 287 g/mol. The number of carbonyl (C=O) groups is 2. The summed E-state index contributed by atoms with van der Waals surface area (Å²) in [7, 11) is 1.56. The van der Waals surface area contributed by atoms with E-state index in [2.05, 4.69) is 10.4 Å². The van der Waals surface area contributed by atoms with Crippen molar-refractivity contribution in [2.75, 3.05) is 13.6 Å². The van der Waals surface area contributed by atoms with Gasteiger partial charge in [-0.3, -0.25) is 9.59 Å². The van der Waals surface area contributed by atoms with Crippen LogP contribution < -0.4 is 10.1 Å². The predicted octanol–water partition coefficient (Wildman–Crippen LogP) is 0.714. The number of ether oxygens (including phenoxy) is 1. The molecule has 0 aliphatic carbocycles. The maximum Gasteiger partial charge on any atom is 0.267 e. The summed E-state index contributed by atoms with van der Waals surface area (Å²) in [4.78, 5) is 23.4. The fourth-order valence-corrected chi connectivity index (χ4v) is 2.51. The van der Waals surface area contributed by atoms with E-state index in [0.29, 0.717) is 25.1 Å². The quantitative estimate of drug-likeness (QED) is 0.890. The third-order valence-corrected chi connectivity index (χ3v) is 3.67. The van der Waals surface area contributed by atoms with Gasteiger partial charge >= 0.3 is 0 Å². The summed E-state index contributed by atoms with van der Waals surface area (Å²) in [5.41, 5.74) is 1.56. The van der Waals surface area contributed by atoms with Crippen LogP contribution in [0.25, 0.3) is 0 Å². The number of para-hydroxylation sites is 1. The molecule has 110 valence electrons. The fraction of sp³-hybridized carbons (Fsp3) is 0.400. The molecule has 21 heavy (non-hydrogen) atoms. The van der Waals surface area contributed by atoms with Gasteiger partial charge < -0.3 is 10.1 Å². The SMILES string of the molecule is CN1N=C(C(=O)NCC2Cc3ccccc3O2)CCC1=O. The van der Waals surface area contributed by atoms with Crippen LogP contribution in [0.1, 0.15) is 18.4 Å². The Morgan fingerprint density at radius 2 is 2.24 bits per heavy atom. The largest absolute Gasteiger partial charge is 0.488 e. The lowest BCUT2D eigenvalue weighted by atomic mass is 10.1. The highest BCUT2D eigenvalue weighted by Crippen LogP contribution is 2.27. The molecular formula is C15H17N3O3. The molecule has 1 atom stereocenters. The number of nitrogens with zero attached hydrogens (tertiary/aromatic N) is 2. The van der Waals surface area contributed by atoms with Crippen molar-refractivity contribution in [3.05, 3.63) is 29.8 Å². The van der Waals surface area contributed by atoms with Gasteiger partial charge in [0.2, 0.25) is 5.91 Å². The number of hydrogen-bond donors (Lipinski definition) is 1. The van der Waals surface area contributed by atoms with Crippen LogP contribution in [-0.2, 0) is 16.0 Å². The zero-order chi connectivity index (χ0) is 14.8. The van der Waals surface area contributed by atoms with Crippen molar-refractivity contribution in [1.82, 2.24) is 10.3 Å². The monoisotopic (exact) mass is 287 g/mol. The topological polar surface area (TPSA) is 71.0 Å². The normalized spacial score (nSPS) is 20.6. The minimum absolute atomic E-state index is 0.0464. The minimum atomic E-state index is -0.228. The second-order valence-electron chi connectivity index (χ2n) is 5.23. The molecule has 0 bridgehead atoms. The second kappa shape index (κ2) is 5.55. The first-order valence-corrected chi connectivity index (χ1v) is 7.00. The van der Waals surface area contributed by atoms with Crippen LogP contribution in [0.4, 0.5) is 0 Å². The van der Waals surface area contributed by atoms with Gasteiger partial charge in [0.25, 0.3) is 5.91 Å². The van der Waals surface area contributed by atoms with E-state index >= 15 is 0 Å². The number of amides is 2. The molecular weight excluding hydrogens is 270 g/mol. The van der Waals surface area contributed by atoms with Crippen LogP contribution in [-0.4, -0.2) is 42.2 Å². The standard InChI is InChI=1S/C15H17N3O3/c1-18-14(19)7-6-12(17-18)15(20)16-9-11-8-10-4-2-3-5-13(10)21-11/h2-5,11H,6-9H2,1H3,(H,16,20). The van der Waals surface area contributed by atoms with Gasteiger partial charge in [-0.15, -0.1) is 0 Å². The van der Waals surface area contributed by atoms with Gasteiger partial charge in [0.15, 0.2) is 0 Å². The van der Waals surface area contributed by atoms with Gasteiger partial charge in [-0.2, -0.15) is 5.10 Å². The van der Waals surface area contributed by atoms with Crippen LogP contribution in [0.2, 0.25) is 0 Å². The van der Waals surface area contributed by atoms with Gasteiger partial charge in [0.1, 0.15) is 17.6 Å². The highest BCUT2D eigenvalue weighted by atomic mass is 16.5. The van der Waals surface area contributed by atoms with E-state index in [0.717, 1.165) is 17.7 Å². The molecule has 0 fully saturated rings. The van der Waals surface area contributed by atoms with E-state index in [9.17, 15) is 9.59 Å². The van der Waals surface area contributed by atoms with Gasteiger partial charge in [0, 0.05) is 26.3 Å². The molecule has 1 aromatic rings. The summed E-state index contributed by atoms with van der Waals surface area (Å²) in [5, 5.41) is 8.05. The van der Waals surface area contributed by atoms with Gasteiger partial charge in [-0.25, -0.2) is 5.01 Å². The first-order valence-electron chi connectivity index (χ1n) is 7.00. The van der Waals surface area contributed by atoms with Crippen LogP contribution >= 0.6 is 0 Å². The molecule has 2 aliphatic rings. The number of fused-ring (bicyclic) bond motifs is 1. The Balaban J connectivity index is 1.54. The lowest BCUT2D eigenvalue weighted by molar-refractivity contribution is -0.130. The molecule has 1 unspecified atom stereocenters. The molecule has 0 radical (unpaired) electrons. The first kappa shape index (κ1) is 13.6.